The summed E-state index contributed by atoms with van der Waals surface area (Å²) in [6.45, 7) is 8.00. The third-order valence-electron chi connectivity index (χ3n) is 2.35. The van der Waals surface area contributed by atoms with Crippen LogP contribution in [0, 0.1) is 20.8 Å². The quantitative estimate of drug-likeness (QED) is 0.435. The lowest BCUT2D eigenvalue weighted by Gasteiger charge is -2.05. The van der Waals surface area contributed by atoms with E-state index in [0.717, 1.165) is 24.0 Å². The Kier molecular flexibility index (Phi) is 4.99. The van der Waals surface area contributed by atoms with Gasteiger partial charge in [-0.05, 0) is 43.5 Å². The highest BCUT2D eigenvalue weighted by Crippen LogP contribution is 2.10. The van der Waals surface area contributed by atoms with E-state index >= 15 is 0 Å². The van der Waals surface area contributed by atoms with Crippen molar-refractivity contribution in [3.8, 4) is 0 Å². The van der Waals surface area contributed by atoms with Crippen molar-refractivity contribution in [1.82, 2.24) is 0 Å². The number of unbranched alkanes of at least 4 members (excludes halogenated alkanes) is 1. The molecule has 0 atom stereocenters. The summed E-state index contributed by atoms with van der Waals surface area (Å²) in [5.41, 5.74) is 2.72. The first kappa shape index (κ1) is 12.7. The highest BCUT2D eigenvalue weighted by atomic mass is 17.2. The average Bonchev–Trinajstić information content (AvgIpc) is 2.28. The van der Waals surface area contributed by atoms with Gasteiger partial charge in [0.15, 0.2) is 0 Å². The van der Waals surface area contributed by atoms with Crippen molar-refractivity contribution in [2.45, 2.75) is 26.7 Å². The molecule has 87 valence electrons. The fraction of sp³-hybridized carbons (Fsp3) is 0.385. The maximum atomic E-state index is 11.5. The minimum atomic E-state index is -0.452. The molecule has 16 heavy (non-hydrogen) atoms. The monoisotopic (exact) mass is 221 g/mol. The van der Waals surface area contributed by atoms with Gasteiger partial charge in [-0.15, -0.1) is 0 Å². The van der Waals surface area contributed by atoms with Crippen LogP contribution in [0.1, 0.15) is 34.3 Å². The first-order valence-electron chi connectivity index (χ1n) is 5.35. The van der Waals surface area contributed by atoms with Gasteiger partial charge < -0.3 is 0 Å². The molecule has 0 unspecified atom stereocenters. The van der Waals surface area contributed by atoms with Gasteiger partial charge in [0.25, 0.3) is 0 Å². The Morgan fingerprint density at radius 1 is 1.31 bits per heavy atom. The molecule has 0 fully saturated rings. The molecular weight excluding hydrogens is 204 g/mol. The minimum absolute atomic E-state index is 0.389. The van der Waals surface area contributed by atoms with Crippen molar-refractivity contribution in [3.63, 3.8) is 0 Å². The lowest BCUT2D eigenvalue weighted by Crippen LogP contribution is -2.07. The Hall–Kier alpha value is -1.35. The fourth-order valence-electron chi connectivity index (χ4n) is 1.17. The molecule has 0 aliphatic heterocycles. The van der Waals surface area contributed by atoms with Crippen molar-refractivity contribution < 1.29 is 14.6 Å². The van der Waals surface area contributed by atoms with Crippen LogP contribution in [0.3, 0.4) is 0 Å². The van der Waals surface area contributed by atoms with Crippen molar-refractivity contribution >= 4 is 5.97 Å². The van der Waals surface area contributed by atoms with E-state index in [1.807, 2.05) is 19.9 Å². The maximum absolute atomic E-state index is 11.5. The second-order valence-corrected chi connectivity index (χ2v) is 3.70. The van der Waals surface area contributed by atoms with Gasteiger partial charge in [0, 0.05) is 0 Å². The van der Waals surface area contributed by atoms with Crippen molar-refractivity contribution in [3.05, 3.63) is 41.8 Å². The second-order valence-electron chi connectivity index (χ2n) is 3.70. The first-order chi connectivity index (χ1) is 7.65. The van der Waals surface area contributed by atoms with E-state index in [2.05, 4.69) is 11.8 Å². The van der Waals surface area contributed by atoms with Gasteiger partial charge in [0.1, 0.15) is 0 Å². The summed E-state index contributed by atoms with van der Waals surface area (Å²) < 4.78 is 0. The molecule has 0 saturated heterocycles. The van der Waals surface area contributed by atoms with Gasteiger partial charge in [0.2, 0.25) is 0 Å². The molecule has 0 amide bonds. The predicted molar refractivity (Wildman–Crippen MR) is 61.9 cm³/mol. The summed E-state index contributed by atoms with van der Waals surface area (Å²) >= 11 is 0. The normalized spacial score (nSPS) is 10.2. The average molecular weight is 221 g/mol. The molecule has 1 aromatic rings. The summed E-state index contributed by atoms with van der Waals surface area (Å²) in [4.78, 5) is 20.9. The zero-order valence-corrected chi connectivity index (χ0v) is 9.79. The van der Waals surface area contributed by atoms with Gasteiger partial charge in [-0.25, -0.2) is 4.79 Å². The zero-order chi connectivity index (χ0) is 12.0. The van der Waals surface area contributed by atoms with Crippen LogP contribution in [-0.4, -0.2) is 12.6 Å². The number of hydrogen-bond acceptors (Lipinski definition) is 3. The summed E-state index contributed by atoms with van der Waals surface area (Å²) in [5, 5.41) is 0. The predicted octanol–water partition coefficient (Wildman–Crippen LogP) is 3.01. The number of carbonyl (C=O) groups is 1. The molecule has 0 heterocycles. The number of aryl methyl sites for hydroxylation is 2. The van der Waals surface area contributed by atoms with Gasteiger partial charge in [-0.3, -0.25) is 4.89 Å². The highest BCUT2D eigenvalue weighted by molar-refractivity contribution is 5.89. The molecular formula is C13H17O3. The Balaban J connectivity index is 2.50. The van der Waals surface area contributed by atoms with Gasteiger partial charge in [-0.1, -0.05) is 19.4 Å². The number of carbonyl (C=O) groups excluding carboxylic acids is 1. The lowest BCUT2D eigenvalue weighted by molar-refractivity contribution is -0.241. The smallest absolute Gasteiger partial charge is 0.293 e. The lowest BCUT2D eigenvalue weighted by atomic mass is 10.1. The molecule has 1 radical (unpaired) electrons. The third-order valence-corrected chi connectivity index (χ3v) is 2.35. The Labute approximate surface area is 96.3 Å². The van der Waals surface area contributed by atoms with E-state index in [9.17, 15) is 4.79 Å². The van der Waals surface area contributed by atoms with Crippen LogP contribution in [0.2, 0.25) is 0 Å². The van der Waals surface area contributed by atoms with Crippen LogP contribution in [-0.2, 0) is 9.78 Å². The molecule has 0 aliphatic rings. The molecule has 0 N–H and O–H groups in total. The molecule has 0 bridgehead atoms. The van der Waals surface area contributed by atoms with Gasteiger partial charge in [-0.2, -0.15) is 4.89 Å². The Morgan fingerprint density at radius 2 is 2.06 bits per heavy atom. The standard InChI is InChI=1S/C13H17O3/c1-4-5-8-15-16-13(14)12-7-6-10(2)11(3)9-12/h6-7,9H,1,4-5,8H2,2-3H3. The first-order valence-corrected chi connectivity index (χ1v) is 5.35. The van der Waals surface area contributed by atoms with E-state index in [-0.39, 0.29) is 0 Å². The van der Waals surface area contributed by atoms with E-state index in [4.69, 9.17) is 4.89 Å². The number of benzene rings is 1. The Morgan fingerprint density at radius 3 is 2.69 bits per heavy atom. The minimum Gasteiger partial charge on any atom is -0.293 e. The summed E-state index contributed by atoms with van der Waals surface area (Å²) in [7, 11) is 0. The molecule has 3 nitrogen and oxygen atoms in total. The van der Waals surface area contributed by atoms with Crippen LogP contribution < -0.4 is 0 Å². The van der Waals surface area contributed by atoms with Crippen LogP contribution in [0.15, 0.2) is 18.2 Å². The molecule has 0 aliphatic carbocycles. The topological polar surface area (TPSA) is 35.5 Å². The molecule has 1 rings (SSSR count). The van der Waals surface area contributed by atoms with Crippen LogP contribution in [0.4, 0.5) is 0 Å². The summed E-state index contributed by atoms with van der Waals surface area (Å²) in [6.07, 6.45) is 1.54. The van der Waals surface area contributed by atoms with E-state index in [1.54, 1.807) is 12.1 Å². The van der Waals surface area contributed by atoms with E-state index in [1.165, 1.54) is 0 Å². The maximum Gasteiger partial charge on any atom is 0.373 e. The molecule has 0 saturated carbocycles. The fourth-order valence-corrected chi connectivity index (χ4v) is 1.17. The van der Waals surface area contributed by atoms with E-state index in [0.29, 0.717) is 12.2 Å². The van der Waals surface area contributed by atoms with Crippen LogP contribution in [0.5, 0.6) is 0 Å². The van der Waals surface area contributed by atoms with Gasteiger partial charge in [0.05, 0.1) is 12.2 Å². The second kappa shape index (κ2) is 6.28. The van der Waals surface area contributed by atoms with Crippen LogP contribution in [0.25, 0.3) is 0 Å². The number of hydrogen-bond donors (Lipinski definition) is 0. The summed E-state index contributed by atoms with van der Waals surface area (Å²) in [6, 6.07) is 5.42. The zero-order valence-electron chi connectivity index (χ0n) is 9.79. The number of rotatable bonds is 5. The SMILES string of the molecule is [CH2]CCCOOC(=O)c1ccc(C)c(C)c1. The largest absolute Gasteiger partial charge is 0.373 e. The molecule has 1 aromatic carbocycles. The van der Waals surface area contributed by atoms with Crippen molar-refractivity contribution in [1.29, 1.82) is 0 Å². The third kappa shape index (κ3) is 3.66. The van der Waals surface area contributed by atoms with E-state index < -0.39 is 5.97 Å². The summed E-state index contributed by atoms with van der Waals surface area (Å²) in [5.74, 6) is -0.452. The van der Waals surface area contributed by atoms with Gasteiger partial charge >= 0.3 is 5.97 Å². The highest BCUT2D eigenvalue weighted by Gasteiger charge is 2.08. The molecule has 0 spiro atoms. The van der Waals surface area contributed by atoms with Crippen LogP contribution >= 0.6 is 0 Å². The van der Waals surface area contributed by atoms with Crippen molar-refractivity contribution in [2.24, 2.45) is 0 Å². The Bertz CT molecular complexity index is 358. The molecule has 3 heteroatoms. The van der Waals surface area contributed by atoms with Crippen molar-refractivity contribution in [2.75, 3.05) is 6.61 Å². The molecule has 0 aromatic heterocycles.